The number of rotatable bonds is 8. The number of Topliss-reactive ketones (excluding diaryl/α,β-unsaturated/α-hetero) is 1. The first kappa shape index (κ1) is 27.0. The Kier molecular flexibility index (Phi) is 9.09. The third-order valence-electron chi connectivity index (χ3n) is 5.20. The second-order valence-corrected chi connectivity index (χ2v) is 11.6. The lowest BCUT2D eigenvalue weighted by molar-refractivity contribution is -0.115. The lowest BCUT2D eigenvalue weighted by Crippen LogP contribution is -2.22. The lowest BCUT2D eigenvalue weighted by atomic mass is 10.1. The summed E-state index contributed by atoms with van der Waals surface area (Å²) in [5.41, 5.74) is 4.05. The first-order valence-corrected chi connectivity index (χ1v) is 14.2. The number of anilines is 3. The van der Waals surface area contributed by atoms with Crippen molar-refractivity contribution in [3.63, 3.8) is 0 Å². The molecule has 0 aliphatic rings. The van der Waals surface area contributed by atoms with Crippen LogP contribution >= 0.6 is 51.2 Å². The van der Waals surface area contributed by atoms with E-state index in [4.69, 9.17) is 12.2 Å². The summed E-state index contributed by atoms with van der Waals surface area (Å²) in [5, 5.41) is 11.8. The Labute approximate surface area is 237 Å². The highest BCUT2D eigenvalue weighted by atomic mass is 79.9. The topological polar surface area (TPSA) is 83.1 Å². The van der Waals surface area contributed by atoms with Crippen LogP contribution < -0.4 is 16.0 Å². The number of amides is 1. The van der Waals surface area contributed by atoms with Crippen LogP contribution in [0, 0.1) is 0 Å². The molecule has 0 fully saturated rings. The molecule has 3 N–H and O–H groups in total. The smallest absolute Gasteiger partial charge is 0.239 e. The van der Waals surface area contributed by atoms with Gasteiger partial charge in [0.1, 0.15) is 0 Å². The van der Waals surface area contributed by atoms with Crippen molar-refractivity contribution in [3.8, 4) is 11.3 Å². The molecule has 0 radical (unpaired) electrons. The highest BCUT2D eigenvalue weighted by Gasteiger charge is 2.17. The second-order valence-electron chi connectivity index (χ2n) is 8.03. The van der Waals surface area contributed by atoms with Crippen molar-refractivity contribution < 1.29 is 9.59 Å². The van der Waals surface area contributed by atoms with Gasteiger partial charge in [-0.2, -0.15) is 0 Å². The fourth-order valence-electron chi connectivity index (χ4n) is 3.28. The van der Waals surface area contributed by atoms with Gasteiger partial charge < -0.3 is 16.0 Å². The maximum absolute atomic E-state index is 12.8. The Morgan fingerprint density at radius 2 is 1.68 bits per heavy atom. The van der Waals surface area contributed by atoms with Gasteiger partial charge in [0.05, 0.1) is 10.9 Å². The molecule has 1 unspecified atom stereocenters. The molecule has 1 amide bonds. The Morgan fingerprint density at radius 3 is 2.38 bits per heavy atom. The van der Waals surface area contributed by atoms with Crippen LogP contribution in [-0.2, 0) is 4.79 Å². The van der Waals surface area contributed by atoms with Gasteiger partial charge in [-0.3, -0.25) is 9.59 Å². The molecule has 1 atom stereocenters. The van der Waals surface area contributed by atoms with Gasteiger partial charge >= 0.3 is 0 Å². The quantitative estimate of drug-likeness (QED) is 0.107. The SMILES string of the molecule is CC(=O)c1ccc(NC(=S)Nc2cccc(SC(C)C(=O)Nc3nc(-c4ccc(Br)cc4)cs3)c2)cc1. The maximum atomic E-state index is 12.8. The molecule has 0 aliphatic heterocycles. The molecule has 1 heterocycles. The number of hydrogen-bond acceptors (Lipinski definition) is 6. The van der Waals surface area contributed by atoms with Crippen molar-refractivity contribution in [1.82, 2.24) is 4.98 Å². The van der Waals surface area contributed by atoms with Gasteiger partial charge in [0.2, 0.25) is 5.91 Å². The molecule has 0 saturated carbocycles. The van der Waals surface area contributed by atoms with Crippen LogP contribution in [0.25, 0.3) is 11.3 Å². The number of ketones is 1. The fraction of sp³-hybridized carbons (Fsp3) is 0.111. The van der Waals surface area contributed by atoms with E-state index < -0.39 is 0 Å². The van der Waals surface area contributed by atoms with Crippen LogP contribution in [-0.4, -0.2) is 27.0 Å². The molecule has 0 aliphatic carbocycles. The van der Waals surface area contributed by atoms with Gasteiger partial charge in [-0.15, -0.1) is 23.1 Å². The summed E-state index contributed by atoms with van der Waals surface area (Å²) < 4.78 is 1.00. The Balaban J connectivity index is 1.31. The first-order chi connectivity index (χ1) is 17.8. The van der Waals surface area contributed by atoms with Crippen molar-refractivity contribution in [2.24, 2.45) is 0 Å². The number of nitrogens with one attached hydrogen (secondary N) is 3. The minimum absolute atomic E-state index is 0.0154. The summed E-state index contributed by atoms with van der Waals surface area (Å²) >= 11 is 11.7. The molecule has 37 heavy (non-hydrogen) atoms. The third-order valence-corrected chi connectivity index (χ3v) is 7.78. The fourth-order valence-corrected chi connectivity index (χ4v) is 5.43. The molecule has 3 aromatic carbocycles. The second kappa shape index (κ2) is 12.5. The molecule has 1 aromatic heterocycles. The van der Waals surface area contributed by atoms with Gasteiger partial charge in [-0.1, -0.05) is 34.1 Å². The average molecular weight is 612 g/mol. The maximum Gasteiger partial charge on any atom is 0.239 e. The standard InChI is InChI=1S/C27H23BrN4O2S3/c1-16(33)18-8-12-21(13-9-18)29-26(35)30-22-4-3-5-23(14-22)37-17(2)25(34)32-27-31-24(15-36-27)19-6-10-20(28)11-7-19/h3-15,17H,1-2H3,(H2,29,30,35)(H,31,32,34). The molecule has 4 rings (SSSR count). The van der Waals surface area contributed by atoms with E-state index in [-0.39, 0.29) is 16.9 Å². The van der Waals surface area contributed by atoms with E-state index in [1.54, 1.807) is 12.1 Å². The first-order valence-electron chi connectivity index (χ1n) is 11.2. The zero-order valence-electron chi connectivity index (χ0n) is 19.9. The normalized spacial score (nSPS) is 11.4. The van der Waals surface area contributed by atoms with Crippen LogP contribution in [0.2, 0.25) is 0 Å². The van der Waals surface area contributed by atoms with E-state index in [2.05, 4.69) is 36.9 Å². The number of hydrogen-bond donors (Lipinski definition) is 3. The van der Waals surface area contributed by atoms with Crippen molar-refractivity contribution in [2.75, 3.05) is 16.0 Å². The number of benzene rings is 3. The number of thiocarbonyl (C=S) groups is 1. The number of carbonyl (C=O) groups is 2. The largest absolute Gasteiger partial charge is 0.332 e. The minimum atomic E-state index is -0.333. The Morgan fingerprint density at radius 1 is 0.973 bits per heavy atom. The summed E-state index contributed by atoms with van der Waals surface area (Å²) in [7, 11) is 0. The number of carbonyl (C=O) groups excluding carboxylic acids is 2. The van der Waals surface area contributed by atoms with Gasteiger partial charge in [0.25, 0.3) is 0 Å². The number of thioether (sulfide) groups is 1. The average Bonchev–Trinajstić information content (AvgIpc) is 3.33. The molecule has 0 spiro atoms. The molecule has 10 heteroatoms. The molecule has 0 saturated heterocycles. The van der Waals surface area contributed by atoms with Crippen molar-refractivity contribution in [2.45, 2.75) is 24.0 Å². The van der Waals surface area contributed by atoms with Gasteiger partial charge in [-0.05, 0) is 80.7 Å². The van der Waals surface area contributed by atoms with E-state index in [0.29, 0.717) is 15.8 Å². The summed E-state index contributed by atoms with van der Waals surface area (Å²) in [6.07, 6.45) is 0. The third kappa shape index (κ3) is 7.72. The number of halogens is 1. The predicted molar refractivity (Wildman–Crippen MR) is 162 cm³/mol. The van der Waals surface area contributed by atoms with Crippen LogP contribution in [0.5, 0.6) is 0 Å². The summed E-state index contributed by atoms with van der Waals surface area (Å²) in [5.74, 6) is -0.104. The van der Waals surface area contributed by atoms with E-state index in [1.807, 2.05) is 73.0 Å². The minimum Gasteiger partial charge on any atom is -0.332 e. The van der Waals surface area contributed by atoms with Crippen LogP contribution in [0.4, 0.5) is 16.5 Å². The van der Waals surface area contributed by atoms with Gasteiger partial charge in [0, 0.05) is 37.2 Å². The van der Waals surface area contributed by atoms with Crippen molar-refractivity contribution in [3.05, 3.63) is 88.2 Å². The van der Waals surface area contributed by atoms with E-state index in [9.17, 15) is 9.59 Å². The molecular formula is C27H23BrN4O2S3. The van der Waals surface area contributed by atoms with E-state index >= 15 is 0 Å². The Hall–Kier alpha value is -3.05. The summed E-state index contributed by atoms with van der Waals surface area (Å²) in [4.78, 5) is 29.7. The zero-order chi connectivity index (χ0) is 26.4. The highest BCUT2D eigenvalue weighted by molar-refractivity contribution is 9.10. The molecule has 0 bridgehead atoms. The van der Waals surface area contributed by atoms with Crippen molar-refractivity contribution in [1.29, 1.82) is 0 Å². The van der Waals surface area contributed by atoms with Crippen LogP contribution in [0.1, 0.15) is 24.2 Å². The number of thiazole rings is 1. The molecule has 188 valence electrons. The lowest BCUT2D eigenvalue weighted by Gasteiger charge is -2.13. The summed E-state index contributed by atoms with van der Waals surface area (Å²) in [6.45, 7) is 3.39. The van der Waals surface area contributed by atoms with Crippen LogP contribution in [0.3, 0.4) is 0 Å². The number of nitrogens with zero attached hydrogens (tertiary/aromatic N) is 1. The van der Waals surface area contributed by atoms with E-state index in [1.165, 1.54) is 30.0 Å². The predicted octanol–water partition coefficient (Wildman–Crippen LogP) is 7.70. The summed E-state index contributed by atoms with van der Waals surface area (Å²) in [6, 6.07) is 22.7. The zero-order valence-corrected chi connectivity index (χ0v) is 24.0. The van der Waals surface area contributed by atoms with Crippen LogP contribution in [0.15, 0.2) is 87.5 Å². The highest BCUT2D eigenvalue weighted by Crippen LogP contribution is 2.29. The Bertz CT molecular complexity index is 1420. The molecule has 4 aromatic rings. The number of aromatic nitrogens is 1. The molecular weight excluding hydrogens is 588 g/mol. The van der Waals surface area contributed by atoms with E-state index in [0.717, 1.165) is 32.0 Å². The monoisotopic (exact) mass is 610 g/mol. The van der Waals surface area contributed by atoms with Gasteiger partial charge in [0.15, 0.2) is 16.0 Å². The molecule has 6 nitrogen and oxygen atoms in total. The van der Waals surface area contributed by atoms with Gasteiger partial charge in [-0.25, -0.2) is 4.98 Å². The van der Waals surface area contributed by atoms with Crippen molar-refractivity contribution >= 4 is 84.6 Å².